The molecule has 1 aliphatic heterocycles. The van der Waals surface area contributed by atoms with E-state index in [1.54, 1.807) is 45.1 Å². The average molecular weight is 586 g/mol. The van der Waals surface area contributed by atoms with Crippen LogP contribution >= 0.6 is 0 Å². The molecule has 230 valence electrons. The van der Waals surface area contributed by atoms with Crippen LogP contribution in [0.5, 0.6) is 0 Å². The minimum atomic E-state index is -1.00. The normalized spacial score (nSPS) is 31.6. The van der Waals surface area contributed by atoms with Crippen molar-refractivity contribution in [2.45, 2.75) is 65.0 Å². The van der Waals surface area contributed by atoms with Crippen molar-refractivity contribution in [2.24, 2.45) is 17.6 Å². The van der Waals surface area contributed by atoms with Crippen molar-refractivity contribution >= 4 is 23.6 Å². The van der Waals surface area contributed by atoms with Gasteiger partial charge in [0.1, 0.15) is 6.10 Å². The van der Waals surface area contributed by atoms with Gasteiger partial charge in [-0.3, -0.25) is 14.4 Å². The number of hydrogen-bond acceptors (Lipinski definition) is 9. The van der Waals surface area contributed by atoms with E-state index < -0.39 is 53.9 Å². The largest absolute Gasteiger partial charge is 0.439 e. The van der Waals surface area contributed by atoms with Crippen LogP contribution < -0.4 is 16.4 Å². The maximum absolute atomic E-state index is 13.5. The molecule has 0 unspecified atom stereocenters. The van der Waals surface area contributed by atoms with Crippen molar-refractivity contribution in [1.82, 2.24) is 10.6 Å². The van der Waals surface area contributed by atoms with Gasteiger partial charge >= 0.3 is 6.09 Å². The quantitative estimate of drug-likeness (QED) is 0.271. The van der Waals surface area contributed by atoms with Gasteiger partial charge in [-0.2, -0.15) is 0 Å². The van der Waals surface area contributed by atoms with Crippen molar-refractivity contribution in [3.8, 4) is 0 Å². The number of nitrogens with one attached hydrogen (secondary N) is 2. The molecule has 0 fully saturated rings. The van der Waals surface area contributed by atoms with Crippen LogP contribution in [0.1, 0.15) is 40.5 Å². The fraction of sp³-hybridized carbons (Fsp3) is 0.484. The number of methoxy groups -OCH3 is 2. The van der Waals surface area contributed by atoms with E-state index in [-0.39, 0.29) is 41.4 Å². The summed E-state index contributed by atoms with van der Waals surface area (Å²) in [5.74, 6) is -2.14. The SMILES string of the molecule is C=CCNC1=C2C[C@@H](C)C[C@@H](OC)[C@@H](O)[C@H](C)/C=C(\C)[C@@H](OC(N)=O)[C@H](OC)/C=C\C=C(/C)C(=O)NC(=CC1=O)C2=O. The molecular formula is C31H43N3O8. The van der Waals surface area contributed by atoms with E-state index >= 15 is 0 Å². The lowest BCUT2D eigenvalue weighted by Gasteiger charge is -2.30. The van der Waals surface area contributed by atoms with Gasteiger partial charge in [-0.1, -0.05) is 44.2 Å². The summed E-state index contributed by atoms with van der Waals surface area (Å²) in [4.78, 5) is 51.3. The number of nitrogens with two attached hydrogens (primary N) is 1. The van der Waals surface area contributed by atoms with Gasteiger partial charge in [0.25, 0.3) is 5.91 Å². The van der Waals surface area contributed by atoms with Crippen molar-refractivity contribution in [3.05, 3.63) is 71.1 Å². The van der Waals surface area contributed by atoms with Crippen LogP contribution in [0, 0.1) is 11.8 Å². The van der Waals surface area contributed by atoms with Gasteiger partial charge in [0, 0.05) is 43.9 Å². The van der Waals surface area contributed by atoms with Crippen molar-refractivity contribution in [2.75, 3.05) is 20.8 Å². The molecule has 1 heterocycles. The van der Waals surface area contributed by atoms with E-state index in [0.29, 0.717) is 12.0 Å². The first-order valence-corrected chi connectivity index (χ1v) is 13.8. The summed E-state index contributed by atoms with van der Waals surface area (Å²) >= 11 is 0. The molecule has 0 aromatic heterocycles. The average Bonchev–Trinajstić information content (AvgIpc) is 2.94. The van der Waals surface area contributed by atoms with E-state index in [1.807, 2.05) is 6.92 Å². The molecule has 0 aromatic carbocycles. The minimum Gasteiger partial charge on any atom is -0.439 e. The number of rotatable bonds is 6. The number of Topliss-reactive ketones (excluding diaryl/α,β-unsaturated/α-hetero) is 1. The smallest absolute Gasteiger partial charge is 0.405 e. The predicted octanol–water partition coefficient (Wildman–Crippen LogP) is 2.54. The Morgan fingerprint density at radius 1 is 1.21 bits per heavy atom. The first-order valence-electron chi connectivity index (χ1n) is 13.8. The standard InChI is InChI=1S/C31H43N3O8/c1-8-12-33-26-21-13-17(2)14-25(41-7)27(36)19(4)15-20(5)29(42-31(32)39)24(40-6)11-9-10-18(3)30(38)34-22(28(21)37)16-23(26)35/h8-11,15-17,19,24-25,27,29,33,36H,1,12-14H2,2-7H3,(H2,32,39)(H,34,38)/b11-9-,18-10+,20-15+/t17-,19-,24-,25-,27+,29-/m1/s1. The summed E-state index contributed by atoms with van der Waals surface area (Å²) in [5, 5.41) is 16.7. The maximum Gasteiger partial charge on any atom is 0.405 e. The molecule has 2 aliphatic rings. The van der Waals surface area contributed by atoms with Crippen molar-refractivity contribution in [1.29, 1.82) is 0 Å². The van der Waals surface area contributed by atoms with Crippen LogP contribution in [0.3, 0.4) is 0 Å². The fourth-order valence-corrected chi connectivity index (χ4v) is 4.95. The summed E-state index contributed by atoms with van der Waals surface area (Å²) in [6.45, 7) is 10.9. The Kier molecular flexibility index (Phi) is 13.1. The number of hydrogen-bond donors (Lipinski definition) is 4. The Labute approximate surface area is 247 Å². The van der Waals surface area contributed by atoms with Crippen LogP contribution in [-0.4, -0.2) is 73.9 Å². The van der Waals surface area contributed by atoms with E-state index in [9.17, 15) is 24.3 Å². The van der Waals surface area contributed by atoms with E-state index in [0.717, 1.165) is 6.08 Å². The van der Waals surface area contributed by atoms with Crippen molar-refractivity contribution < 1.29 is 38.5 Å². The molecule has 2 amide bonds. The lowest BCUT2D eigenvalue weighted by molar-refractivity contribution is -0.120. The number of allylic oxidation sites excluding steroid dienone is 4. The first-order chi connectivity index (χ1) is 19.8. The number of aliphatic hydroxyl groups is 1. The molecule has 1 aliphatic carbocycles. The Morgan fingerprint density at radius 2 is 1.90 bits per heavy atom. The topological polar surface area (TPSA) is 166 Å². The highest BCUT2D eigenvalue weighted by atomic mass is 16.6. The van der Waals surface area contributed by atoms with Gasteiger partial charge in [-0.25, -0.2) is 4.79 Å². The molecule has 42 heavy (non-hydrogen) atoms. The second-order valence-electron chi connectivity index (χ2n) is 10.6. The summed E-state index contributed by atoms with van der Waals surface area (Å²) in [6.07, 6.45) is 5.34. The molecule has 2 bridgehead atoms. The number of aliphatic hydroxyl groups excluding tert-OH is 1. The Morgan fingerprint density at radius 3 is 2.50 bits per heavy atom. The molecule has 0 saturated carbocycles. The third-order valence-electron chi connectivity index (χ3n) is 7.22. The van der Waals surface area contributed by atoms with Crippen LogP contribution in [0.2, 0.25) is 0 Å². The summed E-state index contributed by atoms with van der Waals surface area (Å²) in [5.41, 5.74) is 6.42. The van der Waals surface area contributed by atoms with Gasteiger partial charge < -0.3 is 35.7 Å². The molecule has 5 N–H and O–H groups in total. The molecule has 2 rings (SSSR count). The number of amides is 2. The third-order valence-corrected chi connectivity index (χ3v) is 7.22. The van der Waals surface area contributed by atoms with Crippen LogP contribution in [-0.2, 0) is 28.6 Å². The van der Waals surface area contributed by atoms with E-state index in [2.05, 4.69) is 17.2 Å². The summed E-state index contributed by atoms with van der Waals surface area (Å²) < 4.78 is 16.6. The second kappa shape index (κ2) is 16.0. The zero-order valence-electron chi connectivity index (χ0n) is 25.1. The second-order valence-corrected chi connectivity index (χ2v) is 10.6. The van der Waals surface area contributed by atoms with Gasteiger partial charge in [-0.15, -0.1) is 6.58 Å². The number of ether oxygens (including phenoxy) is 3. The lowest BCUT2D eigenvalue weighted by atomic mass is 9.85. The van der Waals surface area contributed by atoms with Crippen LogP contribution in [0.4, 0.5) is 4.79 Å². The van der Waals surface area contributed by atoms with E-state index in [4.69, 9.17) is 19.9 Å². The molecular weight excluding hydrogens is 542 g/mol. The molecule has 11 heteroatoms. The number of carbonyl (C=O) groups excluding carboxylic acids is 4. The molecule has 0 radical (unpaired) electrons. The Balaban J connectivity index is 2.62. The van der Waals surface area contributed by atoms with Crippen molar-refractivity contribution in [3.63, 3.8) is 0 Å². The number of fused-ring (bicyclic) bond motifs is 2. The highest BCUT2D eigenvalue weighted by molar-refractivity contribution is 6.23. The van der Waals surface area contributed by atoms with Crippen LogP contribution in [0.15, 0.2) is 71.1 Å². The Hall–Kier alpha value is -3.80. The summed E-state index contributed by atoms with van der Waals surface area (Å²) in [6, 6.07) is 0. The molecule has 6 atom stereocenters. The van der Waals surface area contributed by atoms with Gasteiger partial charge in [-0.05, 0) is 38.2 Å². The summed E-state index contributed by atoms with van der Waals surface area (Å²) in [7, 11) is 2.92. The minimum absolute atomic E-state index is 0.132. The number of ketones is 2. The third kappa shape index (κ3) is 9.10. The van der Waals surface area contributed by atoms with Gasteiger partial charge in [0.2, 0.25) is 11.6 Å². The highest BCUT2D eigenvalue weighted by Gasteiger charge is 2.33. The molecule has 0 saturated heterocycles. The number of primary amides is 1. The van der Waals surface area contributed by atoms with E-state index in [1.165, 1.54) is 20.3 Å². The predicted molar refractivity (Wildman–Crippen MR) is 158 cm³/mol. The molecule has 11 nitrogen and oxygen atoms in total. The fourth-order valence-electron chi connectivity index (χ4n) is 4.95. The maximum atomic E-state index is 13.5. The van der Waals surface area contributed by atoms with Gasteiger partial charge in [0.15, 0.2) is 6.10 Å². The monoisotopic (exact) mass is 585 g/mol. The lowest BCUT2D eigenvalue weighted by Crippen LogP contribution is -2.37. The first kappa shape index (κ1) is 34.4. The zero-order valence-corrected chi connectivity index (χ0v) is 25.1. The highest BCUT2D eigenvalue weighted by Crippen LogP contribution is 2.28. The zero-order chi connectivity index (χ0) is 31.6. The van der Waals surface area contributed by atoms with Crippen LogP contribution in [0.25, 0.3) is 0 Å². The Bertz CT molecular complexity index is 1210. The molecule has 0 aromatic rings. The number of carbonyl (C=O) groups is 4. The molecule has 0 spiro atoms. The van der Waals surface area contributed by atoms with Gasteiger partial charge in [0.05, 0.1) is 23.6 Å².